The Morgan fingerprint density at radius 3 is 2.72 bits per heavy atom. The number of aryl methyl sites for hydroxylation is 1. The summed E-state index contributed by atoms with van der Waals surface area (Å²) in [5.74, 6) is 1.58. The summed E-state index contributed by atoms with van der Waals surface area (Å²) in [5, 5.41) is 0. The van der Waals surface area contributed by atoms with E-state index in [-0.39, 0.29) is 14.8 Å². The van der Waals surface area contributed by atoms with E-state index in [4.69, 9.17) is 4.74 Å². The van der Waals surface area contributed by atoms with Gasteiger partial charge in [-0.15, -0.1) is 0 Å². The Hall–Kier alpha value is -0.0200. The zero-order chi connectivity index (χ0) is 13.1. The maximum Gasteiger partial charge on any atom is 0.135 e. The van der Waals surface area contributed by atoms with Gasteiger partial charge in [-0.3, -0.25) is 0 Å². The first-order chi connectivity index (χ1) is 8.40. The minimum atomic E-state index is -0.116. The molecule has 1 aromatic rings. The average Bonchev–Trinajstić information content (AvgIpc) is 2.50. The van der Waals surface area contributed by atoms with Gasteiger partial charge >= 0.3 is 0 Å². The van der Waals surface area contributed by atoms with Gasteiger partial charge in [-0.05, 0) is 31.4 Å². The molecule has 0 unspecified atom stereocenters. The molecule has 1 fully saturated rings. The number of fused-ring (bicyclic) bond motifs is 4. The minimum Gasteiger partial charge on any atom is -0.485 e. The third kappa shape index (κ3) is 1.49. The second-order valence-corrected chi connectivity index (χ2v) is 9.06. The molecule has 1 aliphatic heterocycles. The maximum atomic E-state index is 6.44. The van der Waals surface area contributed by atoms with Crippen molar-refractivity contribution in [2.75, 3.05) is 0 Å². The Kier molecular flexibility index (Phi) is 2.88. The molecule has 18 heavy (non-hydrogen) atoms. The number of ether oxygens (including phenoxy) is 1. The van der Waals surface area contributed by atoms with E-state index in [1.165, 1.54) is 17.5 Å². The Labute approximate surface area is 126 Å². The second kappa shape index (κ2) is 3.99. The van der Waals surface area contributed by atoms with Crippen LogP contribution in [0.25, 0.3) is 0 Å². The van der Waals surface area contributed by atoms with Gasteiger partial charge in [-0.25, -0.2) is 0 Å². The lowest BCUT2D eigenvalue weighted by Crippen LogP contribution is -2.51. The van der Waals surface area contributed by atoms with Crippen LogP contribution in [0.15, 0.2) is 18.2 Å². The first-order valence-corrected chi connectivity index (χ1v) is 8.31. The smallest absolute Gasteiger partial charge is 0.135 e. The molecule has 0 saturated heterocycles. The lowest BCUT2D eigenvalue weighted by molar-refractivity contribution is 0.0218. The lowest BCUT2D eigenvalue weighted by Gasteiger charge is -2.46. The van der Waals surface area contributed by atoms with Gasteiger partial charge in [0.05, 0.1) is 0 Å². The number of hydrogen-bond donors (Lipinski definition) is 0. The van der Waals surface area contributed by atoms with Crippen molar-refractivity contribution in [2.24, 2.45) is 5.92 Å². The van der Waals surface area contributed by atoms with Gasteiger partial charge < -0.3 is 4.74 Å². The summed E-state index contributed by atoms with van der Waals surface area (Å²) in [6.07, 6.45) is 2.29. The molecule has 0 aromatic heterocycles. The monoisotopic (exact) mass is 372 g/mol. The highest BCUT2D eigenvalue weighted by atomic mass is 79.9. The molecule has 1 aliphatic carbocycles. The molecule has 3 rings (SSSR count). The SMILES string of the molecule is Cc1ccc2c(c1)O[C@]1(C(Br)Br)CC[C@@]2(C)[C@@H]1C. The lowest BCUT2D eigenvalue weighted by atomic mass is 9.70. The van der Waals surface area contributed by atoms with Crippen molar-refractivity contribution < 1.29 is 4.74 Å². The quantitative estimate of drug-likeness (QED) is 0.634. The largest absolute Gasteiger partial charge is 0.485 e. The van der Waals surface area contributed by atoms with E-state index >= 15 is 0 Å². The van der Waals surface area contributed by atoms with Gasteiger partial charge in [0.1, 0.15) is 15.1 Å². The Morgan fingerprint density at radius 1 is 1.33 bits per heavy atom. The summed E-state index contributed by atoms with van der Waals surface area (Å²) >= 11 is 7.41. The van der Waals surface area contributed by atoms with Crippen LogP contribution in [0, 0.1) is 12.8 Å². The molecule has 0 radical (unpaired) electrons. The molecule has 3 heteroatoms. The Bertz CT molecular complexity index is 499. The van der Waals surface area contributed by atoms with E-state index < -0.39 is 0 Å². The number of benzene rings is 1. The van der Waals surface area contributed by atoms with E-state index in [1.54, 1.807) is 0 Å². The van der Waals surface area contributed by atoms with Crippen LogP contribution in [0.2, 0.25) is 0 Å². The molecule has 98 valence electrons. The summed E-state index contributed by atoms with van der Waals surface area (Å²) in [6.45, 7) is 6.84. The molecule has 2 aliphatic rings. The first kappa shape index (κ1) is 13.0. The predicted molar refractivity (Wildman–Crippen MR) is 81.9 cm³/mol. The van der Waals surface area contributed by atoms with Crippen LogP contribution in [0.4, 0.5) is 0 Å². The Morgan fingerprint density at radius 2 is 2.06 bits per heavy atom. The Balaban J connectivity index is 2.20. The van der Waals surface area contributed by atoms with E-state index in [0.717, 1.165) is 12.2 Å². The van der Waals surface area contributed by atoms with Gasteiger partial charge in [0.15, 0.2) is 0 Å². The predicted octanol–water partition coefficient (Wildman–Crippen LogP) is 4.93. The van der Waals surface area contributed by atoms with Crippen LogP contribution in [0.3, 0.4) is 0 Å². The summed E-state index contributed by atoms with van der Waals surface area (Å²) in [4.78, 5) is 0. The molecule has 0 spiro atoms. The number of hydrogen-bond acceptors (Lipinski definition) is 1. The van der Waals surface area contributed by atoms with Crippen molar-refractivity contribution >= 4 is 31.9 Å². The third-order valence-electron chi connectivity index (χ3n) is 5.15. The van der Waals surface area contributed by atoms with Crippen LogP contribution in [0.5, 0.6) is 5.75 Å². The zero-order valence-corrected chi connectivity index (χ0v) is 14.1. The first-order valence-electron chi connectivity index (χ1n) is 6.48. The topological polar surface area (TPSA) is 9.23 Å². The van der Waals surface area contributed by atoms with Gasteiger partial charge in [-0.2, -0.15) is 0 Å². The number of rotatable bonds is 1. The summed E-state index contributed by atoms with van der Waals surface area (Å²) in [5.41, 5.74) is 2.77. The van der Waals surface area contributed by atoms with Gasteiger partial charge in [-0.1, -0.05) is 57.8 Å². The zero-order valence-electron chi connectivity index (χ0n) is 11.0. The van der Waals surface area contributed by atoms with Crippen molar-refractivity contribution in [1.29, 1.82) is 0 Å². The molecule has 0 amide bonds. The van der Waals surface area contributed by atoms with Crippen molar-refractivity contribution in [1.82, 2.24) is 0 Å². The van der Waals surface area contributed by atoms with E-state index in [0.29, 0.717) is 5.92 Å². The fourth-order valence-corrected chi connectivity index (χ4v) is 5.11. The van der Waals surface area contributed by atoms with Gasteiger partial charge in [0.25, 0.3) is 0 Å². The van der Waals surface area contributed by atoms with E-state index in [2.05, 4.69) is 70.8 Å². The number of alkyl halides is 2. The minimum absolute atomic E-state index is 0.116. The van der Waals surface area contributed by atoms with Crippen LogP contribution in [-0.2, 0) is 5.41 Å². The fraction of sp³-hybridized carbons (Fsp3) is 0.600. The number of halogens is 2. The maximum absolute atomic E-state index is 6.44. The molecule has 2 bridgehead atoms. The molecule has 1 saturated carbocycles. The molecular weight excluding hydrogens is 356 g/mol. The van der Waals surface area contributed by atoms with Gasteiger partial charge in [0.2, 0.25) is 0 Å². The van der Waals surface area contributed by atoms with Gasteiger partial charge in [0, 0.05) is 16.9 Å². The third-order valence-corrected chi connectivity index (χ3v) is 6.70. The summed E-state index contributed by atoms with van der Waals surface area (Å²) in [7, 11) is 0. The second-order valence-electron chi connectivity index (χ2n) is 6.00. The molecule has 1 nitrogen and oxygen atoms in total. The van der Waals surface area contributed by atoms with Crippen molar-refractivity contribution in [2.45, 2.75) is 48.4 Å². The average molecular weight is 374 g/mol. The van der Waals surface area contributed by atoms with Crippen LogP contribution in [-0.4, -0.2) is 9.34 Å². The fourth-order valence-electron chi connectivity index (χ4n) is 3.67. The van der Waals surface area contributed by atoms with Crippen molar-refractivity contribution in [3.63, 3.8) is 0 Å². The van der Waals surface area contributed by atoms with Crippen LogP contribution < -0.4 is 4.74 Å². The molecule has 1 aromatic carbocycles. The normalized spacial score (nSPS) is 37.6. The standard InChI is InChI=1S/C15H18Br2O/c1-9-4-5-11-12(8-9)18-15(13(16)17)7-6-14(11,3)10(15)2/h4-5,8,10,13H,6-7H2,1-3H3/t10-,14-,15+/m0/s1. The molecule has 1 heterocycles. The summed E-state index contributed by atoms with van der Waals surface area (Å²) < 4.78 is 6.63. The molecule has 0 N–H and O–H groups in total. The van der Waals surface area contributed by atoms with E-state index in [9.17, 15) is 0 Å². The highest BCUT2D eigenvalue weighted by Crippen LogP contribution is 2.61. The summed E-state index contributed by atoms with van der Waals surface area (Å²) in [6, 6.07) is 6.64. The highest BCUT2D eigenvalue weighted by molar-refractivity contribution is 9.24. The van der Waals surface area contributed by atoms with E-state index in [1.807, 2.05) is 0 Å². The molecule has 3 atom stereocenters. The van der Waals surface area contributed by atoms with Crippen LogP contribution >= 0.6 is 31.9 Å². The van der Waals surface area contributed by atoms with Crippen molar-refractivity contribution in [3.8, 4) is 5.75 Å². The highest BCUT2D eigenvalue weighted by Gasteiger charge is 2.61. The molecular formula is C15H18Br2O. The van der Waals surface area contributed by atoms with Crippen LogP contribution in [0.1, 0.15) is 37.8 Å². The van der Waals surface area contributed by atoms with Crippen molar-refractivity contribution in [3.05, 3.63) is 29.3 Å².